The molecule has 0 unspecified atom stereocenters. The van der Waals surface area contributed by atoms with E-state index in [9.17, 15) is 9.59 Å². The number of hydrogen-bond acceptors (Lipinski definition) is 4. The summed E-state index contributed by atoms with van der Waals surface area (Å²) in [5.74, 6) is 1.08. The molecule has 2 amide bonds. The summed E-state index contributed by atoms with van der Waals surface area (Å²) in [6.07, 6.45) is 0.960. The van der Waals surface area contributed by atoms with Crippen LogP contribution in [0.3, 0.4) is 0 Å². The first-order chi connectivity index (χ1) is 15.1. The van der Waals surface area contributed by atoms with Crippen LogP contribution in [0.4, 0.5) is 11.4 Å². The van der Waals surface area contributed by atoms with Gasteiger partial charge in [0.2, 0.25) is 5.91 Å². The lowest BCUT2D eigenvalue weighted by molar-refractivity contribution is -0.116. The first-order valence-electron chi connectivity index (χ1n) is 10.1. The second-order valence-electron chi connectivity index (χ2n) is 7.00. The van der Waals surface area contributed by atoms with Crippen LogP contribution >= 0.6 is 0 Å². The van der Waals surface area contributed by atoms with E-state index >= 15 is 0 Å². The summed E-state index contributed by atoms with van der Waals surface area (Å²) in [4.78, 5) is 24.6. The fourth-order valence-electron chi connectivity index (χ4n) is 3.00. The number of carbonyl (C=O) groups excluding carboxylic acids is 2. The van der Waals surface area contributed by atoms with Crippen molar-refractivity contribution in [3.05, 3.63) is 83.9 Å². The molecule has 6 nitrogen and oxygen atoms in total. The highest BCUT2D eigenvalue weighted by atomic mass is 16.5. The van der Waals surface area contributed by atoms with Gasteiger partial charge in [-0.1, -0.05) is 30.3 Å². The number of rotatable bonds is 9. The molecule has 31 heavy (non-hydrogen) atoms. The Morgan fingerprint density at radius 2 is 1.52 bits per heavy atom. The average molecular weight is 418 g/mol. The summed E-state index contributed by atoms with van der Waals surface area (Å²) in [6.45, 7) is 2.46. The van der Waals surface area contributed by atoms with E-state index in [0.29, 0.717) is 42.1 Å². The summed E-state index contributed by atoms with van der Waals surface area (Å²) < 4.78 is 11.0. The lowest BCUT2D eigenvalue weighted by Gasteiger charge is -2.11. The standard InChI is InChI=1S/C25H26N2O4/c1-18-8-3-5-10-22(18)31-17-7-12-24(28)26-20-15-13-19(14-16-20)25(29)27-21-9-4-6-11-23(21)30-2/h3-6,8-11,13-16H,7,12,17H2,1-2H3,(H,26,28)(H,27,29). The number of anilines is 2. The maximum atomic E-state index is 12.5. The normalized spacial score (nSPS) is 10.3. The van der Waals surface area contributed by atoms with E-state index in [1.165, 1.54) is 0 Å². The van der Waals surface area contributed by atoms with Crippen molar-refractivity contribution in [2.45, 2.75) is 19.8 Å². The van der Waals surface area contributed by atoms with Gasteiger partial charge in [-0.2, -0.15) is 0 Å². The molecule has 160 valence electrons. The van der Waals surface area contributed by atoms with Gasteiger partial charge < -0.3 is 20.1 Å². The fraction of sp³-hybridized carbons (Fsp3) is 0.200. The van der Waals surface area contributed by atoms with Gasteiger partial charge in [-0.05, 0) is 61.4 Å². The Balaban J connectivity index is 1.45. The van der Waals surface area contributed by atoms with E-state index in [-0.39, 0.29) is 11.8 Å². The van der Waals surface area contributed by atoms with Crippen molar-refractivity contribution >= 4 is 23.2 Å². The highest BCUT2D eigenvalue weighted by Gasteiger charge is 2.10. The summed E-state index contributed by atoms with van der Waals surface area (Å²) in [7, 11) is 1.55. The second-order valence-corrected chi connectivity index (χ2v) is 7.00. The topological polar surface area (TPSA) is 76.7 Å². The number of para-hydroxylation sites is 3. The van der Waals surface area contributed by atoms with Crippen LogP contribution in [-0.2, 0) is 4.79 Å². The molecule has 3 aromatic carbocycles. The zero-order valence-electron chi connectivity index (χ0n) is 17.7. The fourth-order valence-corrected chi connectivity index (χ4v) is 3.00. The Morgan fingerprint density at radius 3 is 2.23 bits per heavy atom. The van der Waals surface area contributed by atoms with E-state index in [0.717, 1.165) is 11.3 Å². The number of ether oxygens (including phenoxy) is 2. The van der Waals surface area contributed by atoms with Gasteiger partial charge in [0.05, 0.1) is 19.4 Å². The molecule has 0 fully saturated rings. The molecule has 0 aliphatic carbocycles. The molecular weight excluding hydrogens is 392 g/mol. The van der Waals surface area contributed by atoms with Crippen molar-refractivity contribution in [1.29, 1.82) is 0 Å². The molecule has 3 rings (SSSR count). The lowest BCUT2D eigenvalue weighted by atomic mass is 10.1. The van der Waals surface area contributed by atoms with Gasteiger partial charge in [0.25, 0.3) is 5.91 Å². The van der Waals surface area contributed by atoms with Crippen LogP contribution in [0.15, 0.2) is 72.8 Å². The highest BCUT2D eigenvalue weighted by Crippen LogP contribution is 2.24. The Kier molecular flexibility index (Phi) is 7.65. The monoisotopic (exact) mass is 418 g/mol. The first kappa shape index (κ1) is 21.9. The molecule has 0 radical (unpaired) electrons. The number of carbonyl (C=O) groups is 2. The number of nitrogens with one attached hydrogen (secondary N) is 2. The molecular formula is C25H26N2O4. The van der Waals surface area contributed by atoms with Crippen LogP contribution in [0.25, 0.3) is 0 Å². The molecule has 2 N–H and O–H groups in total. The first-order valence-corrected chi connectivity index (χ1v) is 10.1. The van der Waals surface area contributed by atoms with E-state index < -0.39 is 0 Å². The lowest BCUT2D eigenvalue weighted by Crippen LogP contribution is -2.14. The maximum Gasteiger partial charge on any atom is 0.255 e. The smallest absolute Gasteiger partial charge is 0.255 e. The molecule has 0 aliphatic rings. The van der Waals surface area contributed by atoms with E-state index in [2.05, 4.69) is 10.6 Å². The minimum atomic E-state index is -0.254. The third kappa shape index (κ3) is 6.34. The number of benzene rings is 3. The van der Waals surface area contributed by atoms with Crippen molar-refractivity contribution in [3.63, 3.8) is 0 Å². The molecule has 0 saturated heterocycles. The highest BCUT2D eigenvalue weighted by molar-refractivity contribution is 6.05. The summed E-state index contributed by atoms with van der Waals surface area (Å²) in [5, 5.41) is 5.66. The van der Waals surface area contributed by atoms with Crippen LogP contribution in [0.2, 0.25) is 0 Å². The Bertz CT molecular complexity index is 1030. The van der Waals surface area contributed by atoms with Gasteiger partial charge in [-0.15, -0.1) is 0 Å². The van der Waals surface area contributed by atoms with Gasteiger partial charge in [0, 0.05) is 17.7 Å². The number of methoxy groups -OCH3 is 1. The SMILES string of the molecule is COc1ccccc1NC(=O)c1ccc(NC(=O)CCCOc2ccccc2C)cc1. The molecule has 6 heteroatoms. The number of aryl methyl sites for hydroxylation is 1. The number of amides is 2. The molecule has 0 spiro atoms. The predicted molar refractivity (Wildman–Crippen MR) is 122 cm³/mol. The van der Waals surface area contributed by atoms with Crippen LogP contribution in [-0.4, -0.2) is 25.5 Å². The van der Waals surface area contributed by atoms with E-state index in [4.69, 9.17) is 9.47 Å². The zero-order valence-corrected chi connectivity index (χ0v) is 17.7. The van der Waals surface area contributed by atoms with Crippen LogP contribution in [0.5, 0.6) is 11.5 Å². The van der Waals surface area contributed by atoms with E-state index in [1.807, 2.05) is 43.3 Å². The van der Waals surface area contributed by atoms with Gasteiger partial charge in [-0.3, -0.25) is 9.59 Å². The molecule has 0 heterocycles. The van der Waals surface area contributed by atoms with Crippen LogP contribution < -0.4 is 20.1 Å². The van der Waals surface area contributed by atoms with Crippen molar-refractivity contribution in [1.82, 2.24) is 0 Å². The molecule has 0 bridgehead atoms. The van der Waals surface area contributed by atoms with Gasteiger partial charge in [-0.25, -0.2) is 0 Å². The minimum absolute atomic E-state index is 0.0976. The largest absolute Gasteiger partial charge is 0.495 e. The zero-order chi connectivity index (χ0) is 22.1. The Morgan fingerprint density at radius 1 is 0.839 bits per heavy atom. The summed E-state index contributed by atoms with van der Waals surface area (Å²) in [5.41, 5.74) is 2.79. The van der Waals surface area contributed by atoms with Crippen LogP contribution in [0, 0.1) is 6.92 Å². The van der Waals surface area contributed by atoms with Gasteiger partial charge >= 0.3 is 0 Å². The van der Waals surface area contributed by atoms with Crippen molar-refractivity contribution in [3.8, 4) is 11.5 Å². The van der Waals surface area contributed by atoms with Gasteiger partial charge in [0.1, 0.15) is 11.5 Å². The third-order valence-electron chi connectivity index (χ3n) is 4.69. The predicted octanol–water partition coefficient (Wildman–Crippen LogP) is 5.05. The van der Waals surface area contributed by atoms with Crippen molar-refractivity contribution in [2.75, 3.05) is 24.4 Å². The number of hydrogen-bond donors (Lipinski definition) is 2. The van der Waals surface area contributed by atoms with E-state index in [1.54, 1.807) is 43.5 Å². The molecule has 0 aromatic heterocycles. The van der Waals surface area contributed by atoms with Crippen LogP contribution in [0.1, 0.15) is 28.8 Å². The maximum absolute atomic E-state index is 12.5. The molecule has 0 atom stereocenters. The Labute approximate surface area is 182 Å². The minimum Gasteiger partial charge on any atom is -0.495 e. The molecule has 3 aromatic rings. The van der Waals surface area contributed by atoms with Crippen molar-refractivity contribution < 1.29 is 19.1 Å². The molecule has 0 saturated carbocycles. The average Bonchev–Trinajstić information content (AvgIpc) is 2.78. The Hall–Kier alpha value is -3.80. The van der Waals surface area contributed by atoms with Crippen molar-refractivity contribution in [2.24, 2.45) is 0 Å². The summed E-state index contributed by atoms with van der Waals surface area (Å²) >= 11 is 0. The molecule has 0 aliphatic heterocycles. The third-order valence-corrected chi connectivity index (χ3v) is 4.69. The second kappa shape index (κ2) is 10.8. The quantitative estimate of drug-likeness (QED) is 0.477. The summed E-state index contributed by atoms with van der Waals surface area (Å²) in [6, 6.07) is 21.8. The van der Waals surface area contributed by atoms with Gasteiger partial charge in [0.15, 0.2) is 0 Å².